The lowest BCUT2D eigenvalue weighted by Gasteiger charge is -2.07. The highest BCUT2D eigenvalue weighted by Gasteiger charge is 2.16. The van der Waals surface area contributed by atoms with Crippen molar-refractivity contribution in [3.8, 4) is 5.75 Å². The van der Waals surface area contributed by atoms with Crippen LogP contribution in [-0.2, 0) is 4.74 Å². The molecule has 0 spiro atoms. The van der Waals surface area contributed by atoms with Crippen LogP contribution < -0.4 is 21.3 Å². The van der Waals surface area contributed by atoms with Crippen molar-refractivity contribution in [1.82, 2.24) is 5.32 Å². The molecule has 1 amide bonds. The first kappa shape index (κ1) is 21.8. The van der Waals surface area contributed by atoms with Gasteiger partial charge in [0, 0.05) is 17.3 Å². The Hall–Kier alpha value is -4.40. The number of ether oxygens (including phenoxy) is 2. The SMILES string of the molecule is COc1ccc2oc(=O)c(C(=O)OCCCNC(=O)c3cc4ccccc4oc3=O)cc2c1. The molecule has 0 aliphatic rings. The Morgan fingerprint density at radius 1 is 0.879 bits per heavy atom. The van der Waals surface area contributed by atoms with Crippen LogP contribution in [0.3, 0.4) is 0 Å². The van der Waals surface area contributed by atoms with Crippen LogP contribution in [0.2, 0.25) is 0 Å². The lowest BCUT2D eigenvalue weighted by molar-refractivity contribution is 0.0496. The number of methoxy groups -OCH3 is 1. The fourth-order valence-corrected chi connectivity index (χ4v) is 3.20. The standard InChI is InChI=1S/C24H19NO8/c1-30-16-7-8-20-15(11-16)13-18(24(29)33-20)22(27)31-10-4-9-25-21(26)17-12-14-5-2-3-6-19(14)32-23(17)28/h2-3,5-8,11-13H,4,9-10H2,1H3,(H,25,26). The van der Waals surface area contributed by atoms with Gasteiger partial charge in [0.2, 0.25) is 0 Å². The van der Waals surface area contributed by atoms with Crippen LogP contribution in [0.5, 0.6) is 5.75 Å². The Labute approximate surface area is 186 Å². The van der Waals surface area contributed by atoms with E-state index in [1.807, 2.05) is 0 Å². The molecule has 2 aromatic heterocycles. The Morgan fingerprint density at radius 3 is 2.36 bits per heavy atom. The minimum Gasteiger partial charge on any atom is -0.497 e. The van der Waals surface area contributed by atoms with E-state index in [0.717, 1.165) is 0 Å². The van der Waals surface area contributed by atoms with E-state index in [0.29, 0.717) is 27.7 Å². The summed E-state index contributed by atoms with van der Waals surface area (Å²) in [5.74, 6) is -0.883. The Kier molecular flexibility index (Phi) is 6.21. The zero-order chi connectivity index (χ0) is 23.4. The quantitative estimate of drug-likeness (QED) is 0.259. The molecule has 168 valence electrons. The van der Waals surface area contributed by atoms with Crippen molar-refractivity contribution in [2.75, 3.05) is 20.3 Å². The number of carbonyl (C=O) groups is 2. The molecule has 0 radical (unpaired) electrons. The van der Waals surface area contributed by atoms with Gasteiger partial charge in [-0.3, -0.25) is 4.79 Å². The summed E-state index contributed by atoms with van der Waals surface area (Å²) in [6.45, 7) is 0.0862. The third kappa shape index (κ3) is 4.77. The van der Waals surface area contributed by atoms with Crippen LogP contribution >= 0.6 is 0 Å². The highest BCUT2D eigenvalue weighted by atomic mass is 16.5. The number of nitrogens with one attached hydrogen (secondary N) is 1. The smallest absolute Gasteiger partial charge is 0.351 e. The second kappa shape index (κ2) is 9.39. The number of amides is 1. The van der Waals surface area contributed by atoms with Crippen molar-refractivity contribution >= 4 is 33.8 Å². The molecule has 2 heterocycles. The molecule has 0 saturated carbocycles. The predicted octanol–water partition coefficient (Wildman–Crippen LogP) is 2.88. The molecule has 0 aliphatic heterocycles. The van der Waals surface area contributed by atoms with Gasteiger partial charge in [-0.2, -0.15) is 0 Å². The highest BCUT2D eigenvalue weighted by Crippen LogP contribution is 2.20. The van der Waals surface area contributed by atoms with Crippen LogP contribution in [0, 0.1) is 0 Å². The zero-order valence-electron chi connectivity index (χ0n) is 17.6. The molecule has 4 aromatic rings. The van der Waals surface area contributed by atoms with Gasteiger partial charge >= 0.3 is 17.2 Å². The molecule has 0 fully saturated rings. The topological polar surface area (TPSA) is 125 Å². The average molecular weight is 449 g/mol. The number of rotatable bonds is 7. The summed E-state index contributed by atoms with van der Waals surface area (Å²) < 4.78 is 20.6. The molecule has 0 bridgehead atoms. The minimum absolute atomic E-state index is 0.0545. The number of fused-ring (bicyclic) bond motifs is 2. The van der Waals surface area contributed by atoms with Gasteiger partial charge in [0.25, 0.3) is 5.91 Å². The minimum atomic E-state index is -0.838. The van der Waals surface area contributed by atoms with Gasteiger partial charge in [-0.05, 0) is 42.8 Å². The monoisotopic (exact) mass is 449 g/mol. The van der Waals surface area contributed by atoms with Crippen molar-refractivity contribution < 1.29 is 27.9 Å². The first-order valence-corrected chi connectivity index (χ1v) is 10.1. The predicted molar refractivity (Wildman–Crippen MR) is 119 cm³/mol. The van der Waals surface area contributed by atoms with Gasteiger partial charge in [-0.1, -0.05) is 18.2 Å². The van der Waals surface area contributed by atoms with Crippen molar-refractivity contribution in [2.24, 2.45) is 0 Å². The summed E-state index contributed by atoms with van der Waals surface area (Å²) in [7, 11) is 1.50. The van der Waals surface area contributed by atoms with E-state index in [1.54, 1.807) is 42.5 Å². The molecule has 0 atom stereocenters. The maximum absolute atomic E-state index is 12.3. The molecular weight excluding hydrogens is 430 g/mol. The Morgan fingerprint density at radius 2 is 1.58 bits per heavy atom. The molecule has 9 heteroatoms. The molecule has 4 rings (SSSR count). The van der Waals surface area contributed by atoms with E-state index >= 15 is 0 Å². The van der Waals surface area contributed by atoms with Gasteiger partial charge < -0.3 is 23.6 Å². The molecular formula is C24H19NO8. The maximum atomic E-state index is 12.3. The van der Waals surface area contributed by atoms with E-state index in [-0.39, 0.29) is 30.7 Å². The van der Waals surface area contributed by atoms with Gasteiger partial charge in [0.05, 0.1) is 13.7 Å². The van der Waals surface area contributed by atoms with Gasteiger partial charge in [0.1, 0.15) is 28.0 Å². The maximum Gasteiger partial charge on any atom is 0.351 e. The number of benzene rings is 2. The normalized spacial score (nSPS) is 10.8. The first-order chi connectivity index (χ1) is 16.0. The third-order valence-electron chi connectivity index (χ3n) is 4.89. The Bertz CT molecular complexity index is 1470. The third-order valence-corrected chi connectivity index (χ3v) is 4.89. The van der Waals surface area contributed by atoms with Gasteiger partial charge in [-0.25, -0.2) is 14.4 Å². The van der Waals surface area contributed by atoms with E-state index < -0.39 is 23.1 Å². The van der Waals surface area contributed by atoms with Crippen molar-refractivity contribution in [2.45, 2.75) is 6.42 Å². The van der Waals surface area contributed by atoms with Crippen molar-refractivity contribution in [1.29, 1.82) is 0 Å². The molecule has 33 heavy (non-hydrogen) atoms. The van der Waals surface area contributed by atoms with Crippen LogP contribution in [-0.4, -0.2) is 32.1 Å². The van der Waals surface area contributed by atoms with Crippen molar-refractivity contribution in [3.05, 3.63) is 86.6 Å². The largest absolute Gasteiger partial charge is 0.497 e. The summed E-state index contributed by atoms with van der Waals surface area (Å²) in [6, 6.07) is 14.6. The van der Waals surface area contributed by atoms with Crippen LogP contribution in [0.1, 0.15) is 27.1 Å². The highest BCUT2D eigenvalue weighted by molar-refractivity contribution is 5.96. The summed E-state index contributed by atoms with van der Waals surface area (Å²) >= 11 is 0. The molecule has 0 unspecified atom stereocenters. The number of esters is 1. The Balaban J connectivity index is 1.33. The molecule has 0 saturated heterocycles. The summed E-state index contributed by atoms with van der Waals surface area (Å²) in [6.07, 6.45) is 0.267. The number of hydrogen-bond donors (Lipinski definition) is 1. The molecule has 0 aliphatic carbocycles. The number of carbonyl (C=O) groups excluding carboxylic acids is 2. The number of para-hydroxylation sites is 1. The lowest BCUT2D eigenvalue weighted by Crippen LogP contribution is -2.29. The molecule has 1 N–H and O–H groups in total. The lowest BCUT2D eigenvalue weighted by atomic mass is 10.2. The molecule has 9 nitrogen and oxygen atoms in total. The van der Waals surface area contributed by atoms with Crippen LogP contribution in [0.4, 0.5) is 0 Å². The summed E-state index contributed by atoms with van der Waals surface area (Å²) in [5.41, 5.74) is -1.20. The summed E-state index contributed by atoms with van der Waals surface area (Å²) in [4.78, 5) is 48.7. The summed E-state index contributed by atoms with van der Waals surface area (Å²) in [5, 5.41) is 3.73. The zero-order valence-corrected chi connectivity index (χ0v) is 17.6. The molecule has 2 aromatic carbocycles. The van der Waals surface area contributed by atoms with Gasteiger partial charge in [-0.15, -0.1) is 0 Å². The number of hydrogen-bond acceptors (Lipinski definition) is 8. The first-order valence-electron chi connectivity index (χ1n) is 10.1. The van der Waals surface area contributed by atoms with E-state index in [4.69, 9.17) is 18.3 Å². The average Bonchev–Trinajstić information content (AvgIpc) is 2.82. The van der Waals surface area contributed by atoms with Gasteiger partial charge in [0.15, 0.2) is 0 Å². The second-order valence-electron chi connectivity index (χ2n) is 7.08. The van der Waals surface area contributed by atoms with Crippen molar-refractivity contribution in [3.63, 3.8) is 0 Å². The van der Waals surface area contributed by atoms with E-state index in [2.05, 4.69) is 5.32 Å². The fraction of sp³-hybridized carbons (Fsp3) is 0.167. The van der Waals surface area contributed by atoms with E-state index in [9.17, 15) is 19.2 Å². The fourth-order valence-electron chi connectivity index (χ4n) is 3.20. The second-order valence-corrected chi connectivity index (χ2v) is 7.08. The van der Waals surface area contributed by atoms with Crippen LogP contribution in [0.25, 0.3) is 21.9 Å². The van der Waals surface area contributed by atoms with E-state index in [1.165, 1.54) is 19.2 Å². The van der Waals surface area contributed by atoms with Crippen LogP contribution in [0.15, 0.2) is 73.0 Å².